The third-order valence-electron chi connectivity index (χ3n) is 3.37. The van der Waals surface area contributed by atoms with E-state index < -0.39 is 26.4 Å². The minimum atomic E-state index is -4.52. The summed E-state index contributed by atoms with van der Waals surface area (Å²) >= 11 is 11.3. The molecule has 0 saturated carbocycles. The predicted molar refractivity (Wildman–Crippen MR) is 98.6 cm³/mol. The molecule has 3 rings (SSSR count). The summed E-state index contributed by atoms with van der Waals surface area (Å²) in [5.74, 6) is -0.318. The quantitative estimate of drug-likeness (QED) is 0.612. The van der Waals surface area contributed by atoms with Gasteiger partial charge >= 0.3 is 6.03 Å². The number of aryl methyl sites for hydroxylation is 1. The van der Waals surface area contributed by atoms with Crippen LogP contribution in [0.25, 0.3) is 11.0 Å². The van der Waals surface area contributed by atoms with Gasteiger partial charge in [0.05, 0.1) is 5.39 Å². The van der Waals surface area contributed by atoms with Gasteiger partial charge in [0, 0.05) is 6.07 Å². The fourth-order valence-corrected chi connectivity index (χ4v) is 3.58. The summed E-state index contributed by atoms with van der Waals surface area (Å²) in [7, 11) is -4.52. The molecule has 0 saturated heterocycles. The van der Waals surface area contributed by atoms with Crippen molar-refractivity contribution in [3.8, 4) is 0 Å². The molecule has 0 unspecified atom stereocenters. The Balaban J connectivity index is 1.90. The number of benzene rings is 1. The smallest absolute Gasteiger partial charge is 0.335 e. The summed E-state index contributed by atoms with van der Waals surface area (Å²) in [6, 6.07) is 4.74. The second-order valence-corrected chi connectivity index (χ2v) is 7.70. The summed E-state index contributed by atoms with van der Waals surface area (Å²) in [5.41, 5.74) is 0.115. The second kappa shape index (κ2) is 7.14. The van der Waals surface area contributed by atoms with E-state index in [4.69, 9.17) is 27.6 Å². The molecule has 2 N–H and O–H groups in total. The Kier molecular flexibility index (Phi) is 5.05. The van der Waals surface area contributed by atoms with E-state index in [1.165, 1.54) is 12.1 Å². The number of amides is 2. The molecule has 9 nitrogen and oxygen atoms in total. The van der Waals surface area contributed by atoms with Crippen molar-refractivity contribution in [2.75, 3.05) is 5.32 Å². The average Bonchev–Trinajstić information content (AvgIpc) is 2.54. The van der Waals surface area contributed by atoms with Crippen molar-refractivity contribution < 1.29 is 17.6 Å². The summed E-state index contributed by atoms with van der Waals surface area (Å²) in [4.78, 5) is 31.1. The molecule has 0 bridgehead atoms. The van der Waals surface area contributed by atoms with Gasteiger partial charge in [0.15, 0.2) is 4.90 Å². The largest absolute Gasteiger partial charge is 0.462 e. The number of halogens is 2. The van der Waals surface area contributed by atoms with Crippen LogP contribution in [0.5, 0.6) is 0 Å². The first kappa shape index (κ1) is 19.1. The number of fused-ring (bicyclic) bond motifs is 1. The van der Waals surface area contributed by atoms with Crippen LogP contribution in [0.1, 0.15) is 5.56 Å². The van der Waals surface area contributed by atoms with E-state index >= 15 is 0 Å². The third-order valence-corrected chi connectivity index (χ3v) is 5.07. The van der Waals surface area contributed by atoms with Gasteiger partial charge in [-0.15, -0.1) is 0 Å². The lowest BCUT2D eigenvalue weighted by Gasteiger charge is -2.08. The molecule has 0 radical (unpaired) electrons. The average molecular weight is 429 g/mol. The lowest BCUT2D eigenvalue weighted by molar-refractivity contribution is 0.256. The van der Waals surface area contributed by atoms with Gasteiger partial charge in [0.1, 0.15) is 22.2 Å². The third kappa shape index (κ3) is 4.02. The molecule has 27 heavy (non-hydrogen) atoms. The Morgan fingerprint density at radius 1 is 1.19 bits per heavy atom. The SMILES string of the molecule is Cc1cccc2c(=O)c(S(=O)(=O)NC(=O)Nc3nc(Cl)cc(Cl)n3)coc12. The molecular formula is C15H10Cl2N4O5S. The van der Waals surface area contributed by atoms with Crippen molar-refractivity contribution >= 4 is 56.2 Å². The molecule has 140 valence electrons. The zero-order valence-electron chi connectivity index (χ0n) is 13.5. The number of carbonyl (C=O) groups excluding carboxylic acids is 1. The van der Waals surface area contributed by atoms with Gasteiger partial charge in [-0.25, -0.2) is 27.9 Å². The maximum absolute atomic E-state index is 12.5. The highest BCUT2D eigenvalue weighted by Gasteiger charge is 2.24. The fraction of sp³-hybridized carbons (Fsp3) is 0.0667. The van der Waals surface area contributed by atoms with Crippen LogP contribution in [0.2, 0.25) is 10.3 Å². The van der Waals surface area contributed by atoms with E-state index in [1.807, 2.05) is 0 Å². The number of aromatic nitrogens is 2. The number of hydrogen-bond donors (Lipinski definition) is 2. The molecule has 0 aliphatic rings. The van der Waals surface area contributed by atoms with Crippen LogP contribution in [0.4, 0.5) is 10.7 Å². The topological polar surface area (TPSA) is 131 Å². The number of carbonyl (C=O) groups is 1. The van der Waals surface area contributed by atoms with Crippen LogP contribution in [0, 0.1) is 6.92 Å². The number of nitrogens with zero attached hydrogens (tertiary/aromatic N) is 2. The normalized spacial score (nSPS) is 11.4. The highest BCUT2D eigenvalue weighted by atomic mass is 35.5. The molecule has 2 amide bonds. The summed E-state index contributed by atoms with van der Waals surface area (Å²) in [5, 5.41) is 2.02. The highest BCUT2D eigenvalue weighted by molar-refractivity contribution is 7.90. The Hall–Kier alpha value is -2.69. The Morgan fingerprint density at radius 2 is 1.85 bits per heavy atom. The minimum absolute atomic E-state index is 0.0568. The number of para-hydroxylation sites is 1. The van der Waals surface area contributed by atoms with Gasteiger partial charge in [0.2, 0.25) is 11.4 Å². The van der Waals surface area contributed by atoms with Crippen LogP contribution < -0.4 is 15.5 Å². The molecule has 12 heteroatoms. The van der Waals surface area contributed by atoms with Crippen LogP contribution >= 0.6 is 23.2 Å². The van der Waals surface area contributed by atoms with Gasteiger partial charge in [-0.05, 0) is 18.6 Å². The number of hydrogen-bond acceptors (Lipinski definition) is 7. The molecular weight excluding hydrogens is 419 g/mol. The molecule has 0 aliphatic carbocycles. The second-order valence-electron chi connectivity index (χ2n) is 5.28. The number of nitrogens with one attached hydrogen (secondary N) is 2. The molecule has 0 aliphatic heterocycles. The van der Waals surface area contributed by atoms with E-state index in [-0.39, 0.29) is 27.2 Å². The Bertz CT molecular complexity index is 1210. The van der Waals surface area contributed by atoms with Crippen LogP contribution in [-0.4, -0.2) is 24.4 Å². The Labute approximate surface area is 162 Å². The monoisotopic (exact) mass is 428 g/mol. The summed E-state index contributed by atoms with van der Waals surface area (Å²) in [6.45, 7) is 1.71. The minimum Gasteiger partial charge on any atom is -0.462 e. The standard InChI is InChI=1S/C15H10Cl2N4O5S/c1-7-3-2-4-8-12(22)9(6-26-13(7)8)27(24,25)21-15(23)20-14-18-10(16)5-11(17)19-14/h2-6H,1H3,(H2,18,19,20,21,23). The molecule has 1 aromatic carbocycles. The van der Waals surface area contributed by atoms with Gasteiger partial charge in [-0.3, -0.25) is 10.1 Å². The van der Waals surface area contributed by atoms with E-state index in [2.05, 4.69) is 15.3 Å². The van der Waals surface area contributed by atoms with Gasteiger partial charge in [-0.1, -0.05) is 35.3 Å². The van der Waals surface area contributed by atoms with Crippen LogP contribution in [0.15, 0.2) is 44.6 Å². The van der Waals surface area contributed by atoms with E-state index in [0.29, 0.717) is 5.56 Å². The highest BCUT2D eigenvalue weighted by Crippen LogP contribution is 2.18. The van der Waals surface area contributed by atoms with Crippen molar-refractivity contribution in [1.82, 2.24) is 14.7 Å². The zero-order valence-corrected chi connectivity index (χ0v) is 15.8. The molecule has 3 aromatic rings. The molecule has 0 fully saturated rings. The van der Waals surface area contributed by atoms with Crippen LogP contribution in [-0.2, 0) is 10.0 Å². The van der Waals surface area contributed by atoms with Gasteiger partial charge in [-0.2, -0.15) is 0 Å². The fourth-order valence-electron chi connectivity index (χ4n) is 2.22. The van der Waals surface area contributed by atoms with Crippen molar-refractivity contribution in [2.24, 2.45) is 0 Å². The van der Waals surface area contributed by atoms with Crippen molar-refractivity contribution in [2.45, 2.75) is 11.8 Å². The first-order chi connectivity index (χ1) is 12.7. The maximum Gasteiger partial charge on any atom is 0.335 e. The van der Waals surface area contributed by atoms with Crippen molar-refractivity contribution in [3.05, 3.63) is 56.6 Å². The number of rotatable bonds is 3. The van der Waals surface area contributed by atoms with Crippen molar-refractivity contribution in [3.63, 3.8) is 0 Å². The lowest BCUT2D eigenvalue weighted by Crippen LogP contribution is -2.37. The number of urea groups is 1. The van der Waals surface area contributed by atoms with E-state index in [0.717, 1.165) is 6.26 Å². The Morgan fingerprint density at radius 3 is 2.52 bits per heavy atom. The van der Waals surface area contributed by atoms with Gasteiger partial charge < -0.3 is 4.42 Å². The number of sulfonamides is 1. The molecule has 0 atom stereocenters. The van der Waals surface area contributed by atoms with E-state index in [1.54, 1.807) is 23.8 Å². The summed E-state index contributed by atoms with van der Waals surface area (Å²) in [6.07, 6.45) is 0.778. The van der Waals surface area contributed by atoms with Gasteiger partial charge in [0.25, 0.3) is 10.0 Å². The predicted octanol–water partition coefficient (Wildman–Crippen LogP) is 2.71. The lowest BCUT2D eigenvalue weighted by atomic mass is 10.1. The summed E-state index contributed by atoms with van der Waals surface area (Å²) < 4.78 is 31.7. The van der Waals surface area contributed by atoms with E-state index in [9.17, 15) is 18.0 Å². The molecule has 2 heterocycles. The van der Waals surface area contributed by atoms with Crippen molar-refractivity contribution in [1.29, 1.82) is 0 Å². The first-order valence-corrected chi connectivity index (χ1v) is 9.46. The number of anilines is 1. The van der Waals surface area contributed by atoms with Crippen LogP contribution in [0.3, 0.4) is 0 Å². The zero-order chi connectivity index (χ0) is 19.8. The maximum atomic E-state index is 12.5. The first-order valence-electron chi connectivity index (χ1n) is 7.22. The molecule has 0 spiro atoms. The molecule has 2 aromatic heterocycles.